The van der Waals surface area contributed by atoms with Gasteiger partial charge in [0.2, 0.25) is 0 Å². The zero-order valence-corrected chi connectivity index (χ0v) is 16.8. The first kappa shape index (κ1) is 24.9. The van der Waals surface area contributed by atoms with Crippen LogP contribution in [-0.4, -0.2) is 38.4 Å². The average molecular weight is 375 g/mol. The summed E-state index contributed by atoms with van der Waals surface area (Å²) in [5.41, 5.74) is 0. The second-order valence-electron chi connectivity index (χ2n) is 6.41. The number of rotatable bonds is 19. The molecule has 0 saturated heterocycles. The maximum atomic E-state index is 11.4. The summed E-state index contributed by atoms with van der Waals surface area (Å²) < 4.78 is 10.2. The third kappa shape index (κ3) is 19.2. The lowest BCUT2D eigenvalue weighted by atomic mass is 10.2. The van der Waals surface area contributed by atoms with Crippen molar-refractivity contribution in [3.63, 3.8) is 0 Å². The molecule has 0 aliphatic heterocycles. The monoisotopic (exact) mass is 374 g/mol. The Kier molecular flexibility index (Phi) is 19.3. The molecule has 0 radical (unpaired) electrons. The molecular formula is C20H38O6. The first-order chi connectivity index (χ1) is 12.7. The zero-order chi connectivity index (χ0) is 19.3. The summed E-state index contributed by atoms with van der Waals surface area (Å²) in [4.78, 5) is 33.0. The van der Waals surface area contributed by atoms with Crippen LogP contribution in [0, 0.1) is 0 Å². The molecule has 0 N–H and O–H groups in total. The number of hydrogen-bond donors (Lipinski definition) is 0. The van der Waals surface area contributed by atoms with Crippen molar-refractivity contribution >= 4 is 11.9 Å². The summed E-state index contributed by atoms with van der Waals surface area (Å²) in [5.74, 6) is -0.271. The highest BCUT2D eigenvalue weighted by Gasteiger charge is 2.03. The first-order valence-electron chi connectivity index (χ1n) is 10.3. The Bertz CT molecular complexity index is 300. The molecule has 0 spiro atoms. The van der Waals surface area contributed by atoms with Crippen LogP contribution in [0.5, 0.6) is 0 Å². The topological polar surface area (TPSA) is 71.1 Å². The molecule has 0 aliphatic carbocycles. The summed E-state index contributed by atoms with van der Waals surface area (Å²) in [6.07, 6.45) is 10.2. The minimum absolute atomic E-state index is 0.136. The van der Waals surface area contributed by atoms with Crippen molar-refractivity contribution in [1.29, 1.82) is 0 Å². The Morgan fingerprint density at radius 1 is 0.538 bits per heavy atom. The van der Waals surface area contributed by atoms with Gasteiger partial charge < -0.3 is 9.47 Å². The van der Waals surface area contributed by atoms with E-state index in [0.717, 1.165) is 64.2 Å². The van der Waals surface area contributed by atoms with Gasteiger partial charge in [0.25, 0.3) is 0 Å². The number of hydrogen-bond acceptors (Lipinski definition) is 6. The molecule has 154 valence electrons. The summed E-state index contributed by atoms with van der Waals surface area (Å²) >= 11 is 0. The van der Waals surface area contributed by atoms with E-state index in [0.29, 0.717) is 39.3 Å². The van der Waals surface area contributed by atoms with E-state index in [4.69, 9.17) is 19.2 Å². The summed E-state index contributed by atoms with van der Waals surface area (Å²) in [6.45, 7) is 6.21. The number of esters is 2. The molecule has 0 rings (SSSR count). The number of carbonyl (C=O) groups excluding carboxylic acids is 2. The quantitative estimate of drug-likeness (QED) is 0.141. The van der Waals surface area contributed by atoms with Gasteiger partial charge in [-0.3, -0.25) is 9.59 Å². The van der Waals surface area contributed by atoms with Crippen molar-refractivity contribution in [3.05, 3.63) is 0 Å². The van der Waals surface area contributed by atoms with E-state index in [1.807, 2.05) is 0 Å². The Hall–Kier alpha value is -1.14. The average Bonchev–Trinajstić information content (AvgIpc) is 2.64. The highest BCUT2D eigenvalue weighted by Crippen LogP contribution is 2.03. The fourth-order valence-corrected chi connectivity index (χ4v) is 2.20. The zero-order valence-electron chi connectivity index (χ0n) is 16.8. The molecule has 0 aromatic rings. The van der Waals surface area contributed by atoms with E-state index >= 15 is 0 Å². The molecule has 0 heterocycles. The lowest BCUT2D eigenvalue weighted by molar-refractivity contribution is -0.295. The van der Waals surface area contributed by atoms with Crippen molar-refractivity contribution in [3.8, 4) is 0 Å². The van der Waals surface area contributed by atoms with E-state index in [-0.39, 0.29) is 11.9 Å². The highest BCUT2D eigenvalue weighted by molar-refractivity contribution is 5.69. The predicted octanol–water partition coefficient (Wildman–Crippen LogP) is 4.74. The Morgan fingerprint density at radius 2 is 0.923 bits per heavy atom. The Morgan fingerprint density at radius 3 is 1.31 bits per heavy atom. The molecule has 0 aromatic heterocycles. The molecule has 6 nitrogen and oxygen atoms in total. The van der Waals surface area contributed by atoms with Crippen molar-refractivity contribution in [1.82, 2.24) is 0 Å². The van der Waals surface area contributed by atoms with Gasteiger partial charge in [-0.15, -0.1) is 0 Å². The molecule has 6 heteroatoms. The first-order valence-corrected chi connectivity index (χ1v) is 10.3. The van der Waals surface area contributed by atoms with Gasteiger partial charge in [0.1, 0.15) is 0 Å². The van der Waals surface area contributed by atoms with Crippen molar-refractivity contribution in [2.24, 2.45) is 0 Å². The number of carbonyl (C=O) groups is 2. The minimum atomic E-state index is -0.136. The van der Waals surface area contributed by atoms with Crippen molar-refractivity contribution in [2.45, 2.75) is 90.9 Å². The van der Waals surface area contributed by atoms with Crippen LogP contribution in [0.15, 0.2) is 0 Å². The van der Waals surface area contributed by atoms with Crippen molar-refractivity contribution < 1.29 is 28.8 Å². The van der Waals surface area contributed by atoms with Gasteiger partial charge in [0, 0.05) is 12.8 Å². The third-order valence-electron chi connectivity index (χ3n) is 3.82. The Labute approximate surface area is 158 Å². The molecule has 0 amide bonds. The van der Waals surface area contributed by atoms with Gasteiger partial charge in [-0.05, 0) is 38.5 Å². The number of ether oxygens (including phenoxy) is 2. The second kappa shape index (κ2) is 20.2. The van der Waals surface area contributed by atoms with E-state index in [1.165, 1.54) is 0 Å². The fraction of sp³-hybridized carbons (Fsp3) is 0.900. The number of unbranched alkanes of at least 4 members (excludes halogenated alkanes) is 6. The largest absolute Gasteiger partial charge is 0.466 e. The maximum absolute atomic E-state index is 11.4. The molecule has 0 fully saturated rings. The molecular weight excluding hydrogens is 336 g/mol. The van der Waals surface area contributed by atoms with Crippen LogP contribution in [0.25, 0.3) is 0 Å². The normalized spacial score (nSPS) is 10.7. The smallest absolute Gasteiger partial charge is 0.305 e. The van der Waals surface area contributed by atoms with Gasteiger partial charge >= 0.3 is 11.9 Å². The molecule has 0 aromatic carbocycles. The van der Waals surface area contributed by atoms with Gasteiger partial charge in [0.15, 0.2) is 0 Å². The molecule has 0 atom stereocenters. The SMILES string of the molecule is CCCCCOC(=O)CCCCOOCCCCC(=O)OCCCCC. The van der Waals surface area contributed by atoms with Gasteiger partial charge in [-0.1, -0.05) is 39.5 Å². The molecule has 0 saturated carbocycles. The van der Waals surface area contributed by atoms with E-state index < -0.39 is 0 Å². The summed E-state index contributed by atoms with van der Waals surface area (Å²) in [6, 6.07) is 0. The van der Waals surface area contributed by atoms with Crippen LogP contribution in [0.2, 0.25) is 0 Å². The van der Waals surface area contributed by atoms with Crippen LogP contribution < -0.4 is 0 Å². The Balaban J connectivity index is 3.21. The maximum Gasteiger partial charge on any atom is 0.305 e. The summed E-state index contributed by atoms with van der Waals surface area (Å²) in [7, 11) is 0. The second-order valence-corrected chi connectivity index (χ2v) is 6.41. The van der Waals surface area contributed by atoms with Crippen molar-refractivity contribution in [2.75, 3.05) is 26.4 Å². The van der Waals surface area contributed by atoms with Crippen LogP contribution in [0.1, 0.15) is 90.9 Å². The van der Waals surface area contributed by atoms with Gasteiger partial charge in [-0.25, -0.2) is 9.78 Å². The van der Waals surface area contributed by atoms with Crippen LogP contribution >= 0.6 is 0 Å². The van der Waals surface area contributed by atoms with Gasteiger partial charge in [-0.2, -0.15) is 0 Å². The van der Waals surface area contributed by atoms with E-state index in [1.54, 1.807) is 0 Å². The molecule has 0 bridgehead atoms. The van der Waals surface area contributed by atoms with Gasteiger partial charge in [0.05, 0.1) is 26.4 Å². The van der Waals surface area contributed by atoms with E-state index in [2.05, 4.69) is 13.8 Å². The molecule has 0 unspecified atom stereocenters. The van der Waals surface area contributed by atoms with Crippen LogP contribution in [0.4, 0.5) is 0 Å². The third-order valence-corrected chi connectivity index (χ3v) is 3.82. The van der Waals surface area contributed by atoms with E-state index in [9.17, 15) is 9.59 Å². The minimum Gasteiger partial charge on any atom is -0.466 e. The predicted molar refractivity (Wildman–Crippen MR) is 101 cm³/mol. The van der Waals surface area contributed by atoms with Crippen LogP contribution in [-0.2, 0) is 28.8 Å². The lowest BCUT2D eigenvalue weighted by Gasteiger charge is -2.06. The summed E-state index contributed by atoms with van der Waals surface area (Å²) in [5, 5.41) is 0. The van der Waals surface area contributed by atoms with Crippen LogP contribution in [0.3, 0.4) is 0 Å². The highest BCUT2D eigenvalue weighted by atomic mass is 17.2. The molecule has 26 heavy (non-hydrogen) atoms. The molecule has 0 aliphatic rings. The fourth-order valence-electron chi connectivity index (χ4n) is 2.20. The standard InChI is InChI=1S/C20H38O6/c1-3-5-9-15-23-19(21)13-7-11-17-25-26-18-12-8-14-20(22)24-16-10-6-4-2/h3-18H2,1-2H3. The lowest BCUT2D eigenvalue weighted by Crippen LogP contribution is -2.07.